The van der Waals surface area contributed by atoms with Crippen LogP contribution in [-0.2, 0) is 0 Å². The van der Waals surface area contributed by atoms with Crippen molar-refractivity contribution in [2.45, 2.75) is 0 Å². The van der Waals surface area contributed by atoms with Gasteiger partial charge in [-0.1, -0.05) is 12.1 Å². The predicted octanol–water partition coefficient (Wildman–Crippen LogP) is 3.63. The molecular formula is C22H17N7O. The SMILES string of the molecule is NC(=O)c1ccc(-c2cn3ccnc3c(Nc3ccc(-c4ncc[nH]4)cc3)n2)cc1. The Bertz CT molecular complexity index is 1320. The van der Waals surface area contributed by atoms with Crippen LogP contribution in [0.5, 0.6) is 0 Å². The van der Waals surface area contributed by atoms with Crippen LogP contribution in [0.2, 0.25) is 0 Å². The zero-order valence-electron chi connectivity index (χ0n) is 15.8. The van der Waals surface area contributed by atoms with E-state index in [4.69, 9.17) is 10.7 Å². The van der Waals surface area contributed by atoms with Crippen LogP contribution in [0, 0.1) is 0 Å². The molecule has 0 saturated carbocycles. The molecule has 8 nitrogen and oxygen atoms in total. The van der Waals surface area contributed by atoms with Crippen LogP contribution in [0.3, 0.4) is 0 Å². The normalized spacial score (nSPS) is 10.9. The third-order valence-electron chi connectivity index (χ3n) is 4.76. The molecule has 0 spiro atoms. The smallest absolute Gasteiger partial charge is 0.248 e. The van der Waals surface area contributed by atoms with Crippen LogP contribution in [0.15, 0.2) is 79.5 Å². The molecule has 3 heterocycles. The number of carbonyl (C=O) groups is 1. The number of rotatable bonds is 5. The van der Waals surface area contributed by atoms with Crippen LogP contribution in [0.4, 0.5) is 11.5 Å². The summed E-state index contributed by atoms with van der Waals surface area (Å²) in [5.41, 5.74) is 9.98. The fourth-order valence-electron chi connectivity index (χ4n) is 3.23. The number of aromatic amines is 1. The summed E-state index contributed by atoms with van der Waals surface area (Å²) in [6.07, 6.45) is 9.00. The Morgan fingerprint density at radius 3 is 2.43 bits per heavy atom. The molecular weight excluding hydrogens is 378 g/mol. The molecule has 0 aliphatic heterocycles. The average Bonchev–Trinajstić information content (AvgIpc) is 3.46. The van der Waals surface area contributed by atoms with Gasteiger partial charge >= 0.3 is 0 Å². The molecule has 8 heteroatoms. The maximum atomic E-state index is 11.3. The maximum Gasteiger partial charge on any atom is 0.248 e. The fourth-order valence-corrected chi connectivity index (χ4v) is 3.23. The monoisotopic (exact) mass is 395 g/mol. The van der Waals surface area contributed by atoms with Gasteiger partial charge in [0.25, 0.3) is 0 Å². The third-order valence-corrected chi connectivity index (χ3v) is 4.76. The molecule has 146 valence electrons. The average molecular weight is 395 g/mol. The molecule has 1 amide bonds. The maximum absolute atomic E-state index is 11.3. The van der Waals surface area contributed by atoms with Crippen LogP contribution in [-0.4, -0.2) is 30.2 Å². The highest BCUT2D eigenvalue weighted by atomic mass is 16.1. The lowest BCUT2D eigenvalue weighted by atomic mass is 10.1. The van der Waals surface area contributed by atoms with Gasteiger partial charge < -0.3 is 20.4 Å². The number of nitrogens with two attached hydrogens (primary N) is 1. The molecule has 3 aromatic heterocycles. The highest BCUT2D eigenvalue weighted by molar-refractivity contribution is 5.93. The molecule has 0 fully saturated rings. The number of anilines is 2. The summed E-state index contributed by atoms with van der Waals surface area (Å²) in [4.78, 5) is 27.8. The van der Waals surface area contributed by atoms with Crippen molar-refractivity contribution in [1.82, 2.24) is 24.3 Å². The minimum absolute atomic E-state index is 0.456. The summed E-state index contributed by atoms with van der Waals surface area (Å²) in [5, 5.41) is 3.35. The van der Waals surface area contributed by atoms with Crippen LogP contribution in [0.25, 0.3) is 28.3 Å². The number of amides is 1. The summed E-state index contributed by atoms with van der Waals surface area (Å²) >= 11 is 0. The quantitative estimate of drug-likeness (QED) is 0.420. The number of benzene rings is 2. The second-order valence-corrected chi connectivity index (χ2v) is 6.71. The van der Waals surface area contributed by atoms with Crippen molar-refractivity contribution in [3.63, 3.8) is 0 Å². The summed E-state index contributed by atoms with van der Waals surface area (Å²) < 4.78 is 1.91. The number of H-pyrrole nitrogens is 1. The number of carbonyl (C=O) groups excluding carboxylic acids is 1. The molecule has 0 unspecified atom stereocenters. The van der Waals surface area contributed by atoms with Crippen molar-refractivity contribution in [3.8, 4) is 22.6 Å². The Kier molecular flexibility index (Phi) is 4.21. The molecule has 0 saturated heterocycles. The molecule has 4 N–H and O–H groups in total. The van der Waals surface area contributed by atoms with Gasteiger partial charge in [0.15, 0.2) is 11.5 Å². The number of hydrogen-bond acceptors (Lipinski definition) is 5. The Morgan fingerprint density at radius 2 is 1.73 bits per heavy atom. The molecule has 2 aromatic carbocycles. The van der Waals surface area contributed by atoms with Crippen molar-refractivity contribution in [2.75, 3.05) is 5.32 Å². The topological polar surface area (TPSA) is 114 Å². The number of hydrogen-bond donors (Lipinski definition) is 3. The summed E-state index contributed by atoms with van der Waals surface area (Å²) in [6, 6.07) is 14.9. The van der Waals surface area contributed by atoms with Gasteiger partial charge in [0.05, 0.1) is 5.69 Å². The van der Waals surface area contributed by atoms with Gasteiger partial charge in [0.2, 0.25) is 5.91 Å². The third kappa shape index (κ3) is 3.26. The van der Waals surface area contributed by atoms with Gasteiger partial charge in [0, 0.05) is 53.4 Å². The van der Waals surface area contributed by atoms with E-state index in [1.54, 1.807) is 30.7 Å². The minimum Gasteiger partial charge on any atom is -0.366 e. The van der Waals surface area contributed by atoms with Gasteiger partial charge in [-0.2, -0.15) is 0 Å². The van der Waals surface area contributed by atoms with Gasteiger partial charge in [0.1, 0.15) is 5.82 Å². The van der Waals surface area contributed by atoms with Crippen LogP contribution < -0.4 is 11.1 Å². The van der Waals surface area contributed by atoms with Crippen molar-refractivity contribution in [1.29, 1.82) is 0 Å². The van der Waals surface area contributed by atoms with Crippen molar-refractivity contribution in [3.05, 3.63) is 85.1 Å². The van der Waals surface area contributed by atoms with E-state index in [-0.39, 0.29) is 0 Å². The first-order valence-corrected chi connectivity index (χ1v) is 9.28. The van der Waals surface area contributed by atoms with E-state index in [1.807, 2.05) is 53.2 Å². The number of imidazole rings is 2. The molecule has 0 bridgehead atoms. The largest absolute Gasteiger partial charge is 0.366 e. The molecule has 0 atom stereocenters. The molecule has 5 aromatic rings. The van der Waals surface area contributed by atoms with E-state index >= 15 is 0 Å². The second kappa shape index (κ2) is 7.17. The Labute approximate surface area is 171 Å². The molecule has 30 heavy (non-hydrogen) atoms. The highest BCUT2D eigenvalue weighted by Crippen LogP contribution is 2.26. The van der Waals surface area contributed by atoms with Gasteiger partial charge in [-0.3, -0.25) is 4.79 Å². The minimum atomic E-state index is -0.458. The number of nitrogens with one attached hydrogen (secondary N) is 2. The first-order valence-electron chi connectivity index (χ1n) is 9.28. The Hall–Kier alpha value is -4.46. The van der Waals surface area contributed by atoms with E-state index in [0.29, 0.717) is 17.0 Å². The number of primary amides is 1. The molecule has 0 radical (unpaired) electrons. The second-order valence-electron chi connectivity index (χ2n) is 6.71. The van der Waals surface area contributed by atoms with Crippen molar-refractivity contribution >= 4 is 23.1 Å². The standard InChI is InChI=1S/C22H17N7O/c23-19(30)15-3-1-14(2-4-15)18-13-29-12-11-26-22(29)21(28-18)27-17-7-5-16(6-8-17)20-24-9-10-25-20/h1-13H,(H2,23,30)(H,24,25)(H,27,28). The van der Waals surface area contributed by atoms with Gasteiger partial charge in [-0.25, -0.2) is 15.0 Å². The zero-order valence-corrected chi connectivity index (χ0v) is 15.8. The zero-order chi connectivity index (χ0) is 20.5. The fraction of sp³-hybridized carbons (Fsp3) is 0. The van der Waals surface area contributed by atoms with Crippen molar-refractivity contribution in [2.24, 2.45) is 5.73 Å². The number of aromatic nitrogens is 5. The van der Waals surface area contributed by atoms with E-state index in [2.05, 4.69) is 20.3 Å². The lowest BCUT2D eigenvalue weighted by molar-refractivity contribution is 0.100. The first kappa shape index (κ1) is 17.6. The van der Waals surface area contributed by atoms with E-state index < -0.39 is 5.91 Å². The summed E-state index contributed by atoms with van der Waals surface area (Å²) in [7, 11) is 0. The van der Waals surface area contributed by atoms with Gasteiger partial charge in [-0.05, 0) is 36.4 Å². The lowest BCUT2D eigenvalue weighted by Gasteiger charge is -2.10. The summed E-state index contributed by atoms with van der Waals surface area (Å²) in [6.45, 7) is 0. The highest BCUT2D eigenvalue weighted by Gasteiger charge is 2.11. The predicted molar refractivity (Wildman–Crippen MR) is 114 cm³/mol. The van der Waals surface area contributed by atoms with E-state index in [1.165, 1.54) is 0 Å². The number of nitrogens with zero attached hydrogens (tertiary/aromatic N) is 4. The van der Waals surface area contributed by atoms with Crippen LogP contribution >= 0.6 is 0 Å². The summed E-state index contributed by atoms with van der Waals surface area (Å²) in [5.74, 6) is 0.985. The van der Waals surface area contributed by atoms with Crippen LogP contribution in [0.1, 0.15) is 10.4 Å². The Balaban J connectivity index is 1.49. The lowest BCUT2D eigenvalue weighted by Crippen LogP contribution is -2.10. The number of fused-ring (bicyclic) bond motifs is 1. The Morgan fingerprint density at radius 1 is 0.967 bits per heavy atom. The van der Waals surface area contributed by atoms with E-state index in [0.717, 1.165) is 28.3 Å². The molecule has 0 aliphatic carbocycles. The molecule has 5 rings (SSSR count). The first-order chi connectivity index (χ1) is 14.7. The van der Waals surface area contributed by atoms with Crippen molar-refractivity contribution < 1.29 is 4.79 Å². The van der Waals surface area contributed by atoms with E-state index in [9.17, 15) is 4.79 Å². The molecule has 0 aliphatic rings. The van der Waals surface area contributed by atoms with Gasteiger partial charge in [-0.15, -0.1) is 0 Å².